The lowest BCUT2D eigenvalue weighted by Gasteiger charge is -2.35. The highest BCUT2D eigenvalue weighted by molar-refractivity contribution is 7.15. The number of nitrogens with zero attached hydrogens (tertiary/aromatic N) is 2. The van der Waals surface area contributed by atoms with E-state index in [-0.39, 0.29) is 24.1 Å². The molecule has 2 fully saturated rings. The zero-order valence-electron chi connectivity index (χ0n) is 16.6. The van der Waals surface area contributed by atoms with E-state index in [1.807, 2.05) is 30.3 Å². The molecule has 2 aliphatic heterocycles. The Bertz CT molecular complexity index is 898. The summed E-state index contributed by atoms with van der Waals surface area (Å²) in [6, 6.07) is 9.52. The summed E-state index contributed by atoms with van der Waals surface area (Å²) in [6.07, 6.45) is 0.794. The van der Waals surface area contributed by atoms with Crippen molar-refractivity contribution in [3.8, 4) is 11.5 Å². The number of para-hydroxylation sites is 1. The summed E-state index contributed by atoms with van der Waals surface area (Å²) < 4.78 is 16.9. The van der Waals surface area contributed by atoms with Crippen LogP contribution < -0.4 is 9.47 Å². The minimum atomic E-state index is -0.312. The first-order valence-corrected chi connectivity index (χ1v) is 11.1. The van der Waals surface area contributed by atoms with Gasteiger partial charge in [-0.1, -0.05) is 29.8 Å². The lowest BCUT2D eigenvalue weighted by Crippen LogP contribution is -2.47. The maximum atomic E-state index is 12.8. The highest BCUT2D eigenvalue weighted by atomic mass is 35.5. The van der Waals surface area contributed by atoms with Crippen molar-refractivity contribution >= 4 is 34.9 Å². The first-order valence-electron chi connectivity index (χ1n) is 9.82. The Balaban J connectivity index is 1.29. The molecule has 0 N–H and O–H groups in total. The minimum Gasteiger partial charge on any atom is -0.493 e. The van der Waals surface area contributed by atoms with Crippen molar-refractivity contribution < 1.29 is 23.8 Å². The Morgan fingerprint density at radius 3 is 2.70 bits per heavy atom. The first-order chi connectivity index (χ1) is 14.6. The summed E-state index contributed by atoms with van der Waals surface area (Å²) in [7, 11) is 1.51. The molecular weight excluding hydrogens is 428 g/mol. The Morgan fingerprint density at radius 1 is 1.27 bits per heavy atom. The van der Waals surface area contributed by atoms with E-state index in [1.165, 1.54) is 18.4 Å². The molecule has 1 aromatic heterocycles. The van der Waals surface area contributed by atoms with Gasteiger partial charge in [0.25, 0.3) is 5.91 Å². The zero-order chi connectivity index (χ0) is 21.1. The molecule has 160 valence electrons. The SMILES string of the molecule is COc1c(C(=O)N2CCC(N3CC(COc4ccccc4)OC3=O)CC2)csc1Cl. The van der Waals surface area contributed by atoms with E-state index < -0.39 is 0 Å². The Morgan fingerprint density at radius 2 is 2.00 bits per heavy atom. The predicted molar refractivity (Wildman–Crippen MR) is 114 cm³/mol. The highest BCUT2D eigenvalue weighted by Crippen LogP contribution is 2.36. The third-order valence-electron chi connectivity index (χ3n) is 5.41. The molecule has 3 heterocycles. The number of amides is 2. The number of hydrogen-bond acceptors (Lipinski definition) is 6. The van der Waals surface area contributed by atoms with Gasteiger partial charge in [0.05, 0.1) is 19.2 Å². The van der Waals surface area contributed by atoms with Crippen molar-refractivity contribution in [3.05, 3.63) is 45.6 Å². The van der Waals surface area contributed by atoms with Crippen LogP contribution in [0.1, 0.15) is 23.2 Å². The van der Waals surface area contributed by atoms with Crippen molar-refractivity contribution in [3.63, 3.8) is 0 Å². The lowest BCUT2D eigenvalue weighted by atomic mass is 10.0. The summed E-state index contributed by atoms with van der Waals surface area (Å²) in [5, 5.41) is 1.73. The van der Waals surface area contributed by atoms with Gasteiger partial charge in [0.15, 0.2) is 11.9 Å². The van der Waals surface area contributed by atoms with Crippen molar-refractivity contribution in [2.24, 2.45) is 0 Å². The second-order valence-corrected chi connectivity index (χ2v) is 8.74. The average Bonchev–Trinajstić information content (AvgIpc) is 3.34. The summed E-state index contributed by atoms with van der Waals surface area (Å²) in [4.78, 5) is 28.7. The van der Waals surface area contributed by atoms with Crippen molar-refractivity contribution in [1.82, 2.24) is 9.80 Å². The first kappa shape index (κ1) is 20.8. The third kappa shape index (κ3) is 4.34. The summed E-state index contributed by atoms with van der Waals surface area (Å²) >= 11 is 7.37. The number of methoxy groups -OCH3 is 1. The van der Waals surface area contributed by atoms with Crippen LogP contribution in [-0.2, 0) is 4.74 Å². The number of carbonyl (C=O) groups excluding carboxylic acids is 2. The minimum absolute atomic E-state index is 0.0521. The lowest BCUT2D eigenvalue weighted by molar-refractivity contribution is 0.0655. The molecule has 0 saturated carbocycles. The summed E-state index contributed by atoms with van der Waals surface area (Å²) in [5.41, 5.74) is 0.490. The van der Waals surface area contributed by atoms with E-state index >= 15 is 0 Å². The van der Waals surface area contributed by atoms with Crippen molar-refractivity contribution in [1.29, 1.82) is 0 Å². The van der Waals surface area contributed by atoms with Gasteiger partial charge in [-0.2, -0.15) is 0 Å². The van der Waals surface area contributed by atoms with Crippen LogP contribution in [0.15, 0.2) is 35.7 Å². The average molecular weight is 451 g/mol. The zero-order valence-corrected chi connectivity index (χ0v) is 18.2. The Hall–Kier alpha value is -2.45. The van der Waals surface area contributed by atoms with E-state index in [0.717, 1.165) is 5.75 Å². The van der Waals surface area contributed by atoms with Gasteiger partial charge in [-0.25, -0.2) is 4.79 Å². The molecule has 2 saturated heterocycles. The predicted octanol–water partition coefficient (Wildman–Crippen LogP) is 3.91. The van der Waals surface area contributed by atoms with Gasteiger partial charge in [-0.15, -0.1) is 11.3 Å². The van der Waals surface area contributed by atoms with E-state index in [1.54, 1.807) is 15.2 Å². The number of carbonyl (C=O) groups is 2. The molecule has 1 atom stereocenters. The molecule has 7 nitrogen and oxygen atoms in total. The monoisotopic (exact) mass is 450 g/mol. The largest absolute Gasteiger partial charge is 0.493 e. The van der Waals surface area contributed by atoms with Crippen LogP contribution in [0, 0.1) is 0 Å². The number of benzene rings is 1. The molecule has 0 aliphatic carbocycles. The van der Waals surface area contributed by atoms with E-state index in [4.69, 9.17) is 25.8 Å². The van der Waals surface area contributed by atoms with Crippen LogP contribution in [0.25, 0.3) is 0 Å². The van der Waals surface area contributed by atoms with Crippen LogP contribution in [0.4, 0.5) is 4.79 Å². The quantitative estimate of drug-likeness (QED) is 0.667. The van der Waals surface area contributed by atoms with E-state index in [0.29, 0.717) is 54.7 Å². The fraction of sp³-hybridized carbons (Fsp3) is 0.429. The molecule has 0 bridgehead atoms. The van der Waals surface area contributed by atoms with Crippen LogP contribution in [-0.4, -0.2) is 67.3 Å². The number of piperidine rings is 1. The van der Waals surface area contributed by atoms with Gasteiger partial charge >= 0.3 is 6.09 Å². The van der Waals surface area contributed by atoms with Crippen molar-refractivity contribution in [2.45, 2.75) is 25.0 Å². The molecular formula is C21H23ClN2O5S. The van der Waals surface area contributed by atoms with Gasteiger partial charge in [0, 0.05) is 24.5 Å². The van der Waals surface area contributed by atoms with Crippen LogP contribution in [0.2, 0.25) is 4.34 Å². The Kier molecular flexibility index (Phi) is 6.34. The maximum absolute atomic E-state index is 12.8. The van der Waals surface area contributed by atoms with Gasteiger partial charge < -0.3 is 24.0 Å². The molecule has 1 aromatic carbocycles. The number of likely N-dealkylation sites (tertiary alicyclic amines) is 1. The smallest absolute Gasteiger partial charge is 0.410 e. The molecule has 2 aliphatic rings. The molecule has 2 aromatic rings. The van der Waals surface area contributed by atoms with Gasteiger partial charge in [-0.05, 0) is 25.0 Å². The summed E-state index contributed by atoms with van der Waals surface area (Å²) in [6.45, 7) is 1.95. The fourth-order valence-corrected chi connectivity index (χ4v) is 4.89. The number of halogens is 1. The molecule has 9 heteroatoms. The molecule has 2 amide bonds. The third-order valence-corrected chi connectivity index (χ3v) is 6.60. The standard InChI is InChI=1S/C21H23ClN2O5S/c1-27-18-17(13-30-19(18)22)20(25)23-9-7-14(8-10-23)24-11-16(29-21(24)26)12-28-15-5-3-2-4-6-15/h2-6,13-14,16H,7-12H2,1H3. The molecule has 1 unspecified atom stereocenters. The summed E-state index contributed by atoms with van der Waals surface area (Å²) in [5.74, 6) is 1.09. The Labute approximate surface area is 184 Å². The van der Waals surface area contributed by atoms with Gasteiger partial charge in [0.1, 0.15) is 16.7 Å². The molecule has 30 heavy (non-hydrogen) atoms. The highest BCUT2D eigenvalue weighted by Gasteiger charge is 2.38. The van der Waals surface area contributed by atoms with Crippen LogP contribution in [0.3, 0.4) is 0 Å². The fourth-order valence-electron chi connectivity index (χ4n) is 3.84. The normalized spacial score (nSPS) is 19.7. The maximum Gasteiger partial charge on any atom is 0.410 e. The van der Waals surface area contributed by atoms with E-state index in [9.17, 15) is 9.59 Å². The second kappa shape index (κ2) is 9.14. The molecule has 4 rings (SSSR count). The number of ether oxygens (including phenoxy) is 3. The van der Waals surface area contributed by atoms with Crippen molar-refractivity contribution in [2.75, 3.05) is 33.4 Å². The van der Waals surface area contributed by atoms with Gasteiger partial charge in [0.2, 0.25) is 0 Å². The topological polar surface area (TPSA) is 68.3 Å². The number of thiophene rings is 1. The number of cyclic esters (lactones) is 1. The van der Waals surface area contributed by atoms with E-state index in [2.05, 4.69) is 0 Å². The number of rotatable bonds is 6. The van der Waals surface area contributed by atoms with Crippen LogP contribution >= 0.6 is 22.9 Å². The second-order valence-electron chi connectivity index (χ2n) is 7.26. The molecule has 0 radical (unpaired) electrons. The molecule has 0 spiro atoms. The van der Waals surface area contributed by atoms with Crippen LogP contribution in [0.5, 0.6) is 11.5 Å². The number of hydrogen-bond donors (Lipinski definition) is 0. The van der Waals surface area contributed by atoms with Gasteiger partial charge in [-0.3, -0.25) is 4.79 Å².